The zero-order valence-electron chi connectivity index (χ0n) is 10.6. The lowest BCUT2D eigenvalue weighted by Gasteiger charge is -2.33. The van der Waals surface area contributed by atoms with Crippen molar-refractivity contribution in [2.45, 2.75) is 38.6 Å². The third kappa shape index (κ3) is 4.00. The van der Waals surface area contributed by atoms with Crippen molar-refractivity contribution in [2.75, 3.05) is 26.9 Å². The topological polar surface area (TPSA) is 55.8 Å². The average molecular weight is 243 g/mol. The van der Waals surface area contributed by atoms with E-state index in [4.69, 9.17) is 9.47 Å². The van der Waals surface area contributed by atoms with Gasteiger partial charge in [-0.25, -0.2) is 4.79 Å². The van der Waals surface area contributed by atoms with E-state index >= 15 is 0 Å². The molecule has 5 nitrogen and oxygen atoms in total. The molecule has 98 valence electrons. The van der Waals surface area contributed by atoms with Crippen LogP contribution in [0.3, 0.4) is 0 Å². The maximum atomic E-state index is 11.9. The Morgan fingerprint density at radius 2 is 2.12 bits per heavy atom. The third-order valence-corrected chi connectivity index (χ3v) is 2.87. The molecule has 0 aromatic carbocycles. The number of ether oxygens (including phenoxy) is 2. The van der Waals surface area contributed by atoms with E-state index in [9.17, 15) is 9.59 Å². The Hall–Kier alpha value is -1.10. The summed E-state index contributed by atoms with van der Waals surface area (Å²) in [6, 6.07) is -0.425. The molecule has 1 rings (SSSR count). The second-order valence-electron chi connectivity index (χ2n) is 4.17. The van der Waals surface area contributed by atoms with Gasteiger partial charge in [0.05, 0.1) is 7.11 Å². The molecule has 0 spiro atoms. The second kappa shape index (κ2) is 7.27. The van der Waals surface area contributed by atoms with Gasteiger partial charge in [0.2, 0.25) is 5.91 Å². The number of nitrogens with zero attached hydrogens (tertiary/aromatic N) is 1. The first kappa shape index (κ1) is 14.0. The number of carbonyl (C=O) groups excluding carboxylic acids is 2. The molecule has 1 aliphatic rings. The zero-order valence-corrected chi connectivity index (χ0v) is 10.6. The Morgan fingerprint density at radius 3 is 2.76 bits per heavy atom. The number of carbonyl (C=O) groups is 2. The van der Waals surface area contributed by atoms with Gasteiger partial charge in [-0.2, -0.15) is 0 Å². The molecule has 5 heteroatoms. The summed E-state index contributed by atoms with van der Waals surface area (Å²) in [7, 11) is 1.35. The first-order valence-corrected chi connectivity index (χ1v) is 6.15. The fourth-order valence-electron chi connectivity index (χ4n) is 2.00. The minimum absolute atomic E-state index is 0.0569. The van der Waals surface area contributed by atoms with Crippen LogP contribution in [0.2, 0.25) is 0 Å². The van der Waals surface area contributed by atoms with Gasteiger partial charge < -0.3 is 14.4 Å². The van der Waals surface area contributed by atoms with Gasteiger partial charge in [-0.05, 0) is 25.7 Å². The number of rotatable bonds is 5. The number of esters is 1. The lowest BCUT2D eigenvalue weighted by molar-refractivity contribution is -0.156. The number of likely N-dealkylation sites (tertiary alicyclic amines) is 1. The van der Waals surface area contributed by atoms with Crippen molar-refractivity contribution in [2.24, 2.45) is 0 Å². The van der Waals surface area contributed by atoms with E-state index < -0.39 is 6.04 Å². The number of hydrogen-bond acceptors (Lipinski definition) is 4. The van der Waals surface area contributed by atoms with Gasteiger partial charge in [-0.1, -0.05) is 6.92 Å². The molecule has 0 aliphatic carbocycles. The van der Waals surface area contributed by atoms with E-state index in [0.717, 1.165) is 19.3 Å². The van der Waals surface area contributed by atoms with Crippen LogP contribution in [0.1, 0.15) is 32.6 Å². The molecular weight excluding hydrogens is 222 g/mol. The largest absolute Gasteiger partial charge is 0.467 e. The molecule has 0 N–H and O–H groups in total. The maximum absolute atomic E-state index is 11.9. The van der Waals surface area contributed by atoms with Crippen molar-refractivity contribution >= 4 is 11.9 Å². The zero-order chi connectivity index (χ0) is 12.7. The highest BCUT2D eigenvalue weighted by atomic mass is 16.5. The summed E-state index contributed by atoms with van der Waals surface area (Å²) in [6.45, 7) is 3.24. The van der Waals surface area contributed by atoms with Crippen molar-refractivity contribution in [1.29, 1.82) is 0 Å². The van der Waals surface area contributed by atoms with Gasteiger partial charge in [0.25, 0.3) is 0 Å². The predicted octanol–water partition coefficient (Wildman–Crippen LogP) is 0.967. The second-order valence-corrected chi connectivity index (χ2v) is 4.17. The van der Waals surface area contributed by atoms with Crippen LogP contribution in [-0.4, -0.2) is 49.7 Å². The minimum atomic E-state index is -0.425. The molecule has 1 aliphatic heterocycles. The van der Waals surface area contributed by atoms with Gasteiger partial charge in [-0.3, -0.25) is 4.79 Å². The number of methoxy groups -OCH3 is 1. The van der Waals surface area contributed by atoms with Crippen molar-refractivity contribution in [3.05, 3.63) is 0 Å². The van der Waals surface area contributed by atoms with E-state index in [1.165, 1.54) is 7.11 Å². The quantitative estimate of drug-likeness (QED) is 0.533. The standard InChI is InChI=1S/C12H21NO4/c1-3-8-17-9-11(14)13-7-5-4-6-10(13)12(15)16-2/h10H,3-9H2,1-2H3. The maximum Gasteiger partial charge on any atom is 0.328 e. The Labute approximate surface area is 102 Å². The summed E-state index contributed by atoms with van der Waals surface area (Å²) in [4.78, 5) is 25.0. The van der Waals surface area contributed by atoms with E-state index in [-0.39, 0.29) is 18.5 Å². The smallest absolute Gasteiger partial charge is 0.328 e. The SMILES string of the molecule is CCCOCC(=O)N1CCCCC1C(=O)OC. The summed E-state index contributed by atoms with van der Waals surface area (Å²) in [5.41, 5.74) is 0. The van der Waals surface area contributed by atoms with E-state index in [1.807, 2.05) is 6.92 Å². The summed E-state index contributed by atoms with van der Waals surface area (Å²) in [6.07, 6.45) is 3.46. The Balaban J connectivity index is 2.52. The van der Waals surface area contributed by atoms with Gasteiger partial charge in [0.1, 0.15) is 12.6 Å². The van der Waals surface area contributed by atoms with E-state index in [1.54, 1.807) is 4.90 Å². The fraction of sp³-hybridized carbons (Fsp3) is 0.833. The predicted molar refractivity (Wildman–Crippen MR) is 62.5 cm³/mol. The van der Waals surface area contributed by atoms with Crippen molar-refractivity contribution < 1.29 is 19.1 Å². The minimum Gasteiger partial charge on any atom is -0.467 e. The summed E-state index contributed by atoms with van der Waals surface area (Å²) in [5.74, 6) is -0.443. The molecule has 1 heterocycles. The molecule has 0 bridgehead atoms. The molecule has 0 radical (unpaired) electrons. The molecule has 1 fully saturated rings. The first-order valence-electron chi connectivity index (χ1n) is 6.15. The lowest BCUT2D eigenvalue weighted by Crippen LogP contribution is -2.49. The molecule has 0 aromatic heterocycles. The Kier molecular flexibility index (Phi) is 5.97. The first-order chi connectivity index (χ1) is 8.20. The monoisotopic (exact) mass is 243 g/mol. The van der Waals surface area contributed by atoms with Crippen LogP contribution in [0.4, 0.5) is 0 Å². The van der Waals surface area contributed by atoms with E-state index in [0.29, 0.717) is 19.6 Å². The normalized spacial score (nSPS) is 20.1. The Morgan fingerprint density at radius 1 is 1.35 bits per heavy atom. The molecule has 1 unspecified atom stereocenters. The fourth-order valence-corrected chi connectivity index (χ4v) is 2.00. The van der Waals surface area contributed by atoms with Crippen LogP contribution in [0.15, 0.2) is 0 Å². The van der Waals surface area contributed by atoms with Gasteiger partial charge in [-0.15, -0.1) is 0 Å². The van der Waals surface area contributed by atoms with Crippen molar-refractivity contribution in [1.82, 2.24) is 4.90 Å². The number of piperidine rings is 1. The number of amides is 1. The molecule has 1 amide bonds. The molecule has 0 saturated carbocycles. The summed E-state index contributed by atoms with van der Waals surface area (Å²) < 4.78 is 9.94. The summed E-state index contributed by atoms with van der Waals surface area (Å²) >= 11 is 0. The average Bonchev–Trinajstić information content (AvgIpc) is 2.38. The van der Waals surface area contributed by atoms with Gasteiger partial charge in [0.15, 0.2) is 0 Å². The van der Waals surface area contributed by atoms with Crippen molar-refractivity contribution in [3.63, 3.8) is 0 Å². The van der Waals surface area contributed by atoms with Crippen LogP contribution >= 0.6 is 0 Å². The molecule has 17 heavy (non-hydrogen) atoms. The van der Waals surface area contributed by atoms with Crippen LogP contribution in [0.5, 0.6) is 0 Å². The molecule has 0 aromatic rings. The molecular formula is C12H21NO4. The third-order valence-electron chi connectivity index (χ3n) is 2.87. The van der Waals surface area contributed by atoms with Crippen LogP contribution < -0.4 is 0 Å². The highest BCUT2D eigenvalue weighted by Crippen LogP contribution is 2.18. The van der Waals surface area contributed by atoms with Crippen molar-refractivity contribution in [3.8, 4) is 0 Å². The highest BCUT2D eigenvalue weighted by molar-refractivity contribution is 5.85. The number of hydrogen-bond donors (Lipinski definition) is 0. The highest BCUT2D eigenvalue weighted by Gasteiger charge is 2.32. The van der Waals surface area contributed by atoms with Gasteiger partial charge >= 0.3 is 5.97 Å². The molecule has 1 atom stereocenters. The van der Waals surface area contributed by atoms with E-state index in [2.05, 4.69) is 0 Å². The van der Waals surface area contributed by atoms with Crippen LogP contribution in [0.25, 0.3) is 0 Å². The van der Waals surface area contributed by atoms with Crippen LogP contribution in [0, 0.1) is 0 Å². The van der Waals surface area contributed by atoms with Gasteiger partial charge in [0, 0.05) is 13.2 Å². The van der Waals surface area contributed by atoms with Crippen LogP contribution in [-0.2, 0) is 19.1 Å². The lowest BCUT2D eigenvalue weighted by atomic mass is 10.0. The molecule has 1 saturated heterocycles. The Bertz CT molecular complexity index is 267. The summed E-state index contributed by atoms with van der Waals surface area (Å²) in [5, 5.41) is 0.